The minimum Gasteiger partial charge on any atom is -0.506 e. The summed E-state index contributed by atoms with van der Waals surface area (Å²) in [5.41, 5.74) is 1.02. The van der Waals surface area contributed by atoms with Gasteiger partial charge in [0.05, 0.1) is 10.6 Å². The van der Waals surface area contributed by atoms with Gasteiger partial charge in [0.25, 0.3) is 10.0 Å². The largest absolute Gasteiger partial charge is 0.506 e. The second kappa shape index (κ2) is 5.22. The average Bonchev–Trinajstić information content (AvgIpc) is 2.33. The molecule has 2 N–H and O–H groups in total. The van der Waals surface area contributed by atoms with Crippen molar-refractivity contribution in [2.75, 3.05) is 4.72 Å². The van der Waals surface area contributed by atoms with Crippen molar-refractivity contribution in [2.45, 2.75) is 11.8 Å². The Labute approximate surface area is 120 Å². The van der Waals surface area contributed by atoms with E-state index in [1.807, 2.05) is 6.92 Å². The minimum absolute atomic E-state index is 0.107. The Kier molecular flexibility index (Phi) is 3.82. The van der Waals surface area contributed by atoms with Crippen LogP contribution in [0.15, 0.2) is 51.8 Å². The Hall–Kier alpha value is -1.53. The molecule has 4 nitrogen and oxygen atoms in total. The molecule has 0 aliphatic carbocycles. The van der Waals surface area contributed by atoms with E-state index in [9.17, 15) is 13.5 Å². The van der Waals surface area contributed by atoms with Crippen molar-refractivity contribution in [3.8, 4) is 5.75 Å². The number of anilines is 1. The number of aromatic hydroxyl groups is 1. The smallest absolute Gasteiger partial charge is 0.262 e. The van der Waals surface area contributed by atoms with Gasteiger partial charge in [-0.15, -0.1) is 0 Å². The Bertz CT molecular complexity index is 714. The molecule has 0 bridgehead atoms. The first kappa shape index (κ1) is 13.9. The van der Waals surface area contributed by atoms with E-state index in [0.29, 0.717) is 4.47 Å². The second-order valence-corrected chi connectivity index (χ2v) is 6.68. The molecule has 2 aromatic rings. The number of sulfonamides is 1. The lowest BCUT2D eigenvalue weighted by atomic mass is 10.2. The van der Waals surface area contributed by atoms with Crippen LogP contribution in [0.5, 0.6) is 5.75 Å². The lowest BCUT2D eigenvalue weighted by Crippen LogP contribution is -2.13. The standard InChI is InChI=1S/C13H12BrNO3S/c1-9-5-6-13(16)12(7-9)15-19(17,18)11-4-2-3-10(14)8-11/h2-8,15-16H,1H3. The van der Waals surface area contributed by atoms with E-state index < -0.39 is 10.0 Å². The molecule has 0 amide bonds. The van der Waals surface area contributed by atoms with Crippen molar-refractivity contribution in [3.63, 3.8) is 0 Å². The van der Waals surface area contributed by atoms with Crippen molar-refractivity contribution >= 4 is 31.6 Å². The first-order valence-corrected chi connectivity index (χ1v) is 7.74. The molecule has 100 valence electrons. The number of aryl methyl sites for hydroxylation is 1. The van der Waals surface area contributed by atoms with E-state index in [0.717, 1.165) is 5.56 Å². The molecule has 0 radical (unpaired) electrons. The molecule has 0 atom stereocenters. The molecule has 6 heteroatoms. The summed E-state index contributed by atoms with van der Waals surface area (Å²) >= 11 is 3.22. The average molecular weight is 342 g/mol. The summed E-state index contributed by atoms with van der Waals surface area (Å²) in [7, 11) is -3.72. The molecular weight excluding hydrogens is 330 g/mol. The van der Waals surface area contributed by atoms with Gasteiger partial charge in [-0.3, -0.25) is 4.72 Å². The number of benzene rings is 2. The van der Waals surface area contributed by atoms with Gasteiger partial charge in [0.2, 0.25) is 0 Å². The first-order chi connectivity index (χ1) is 8.88. The Balaban J connectivity index is 2.39. The molecule has 0 saturated heterocycles. The maximum absolute atomic E-state index is 12.2. The maximum atomic E-state index is 12.2. The van der Waals surface area contributed by atoms with E-state index >= 15 is 0 Å². The zero-order chi connectivity index (χ0) is 14.0. The van der Waals surface area contributed by atoms with Crippen molar-refractivity contribution in [2.24, 2.45) is 0 Å². The van der Waals surface area contributed by atoms with Gasteiger partial charge in [-0.2, -0.15) is 0 Å². The van der Waals surface area contributed by atoms with Crippen LogP contribution in [-0.4, -0.2) is 13.5 Å². The molecule has 0 saturated carbocycles. The topological polar surface area (TPSA) is 66.4 Å². The van der Waals surface area contributed by atoms with E-state index in [-0.39, 0.29) is 16.3 Å². The number of halogens is 1. The summed E-state index contributed by atoms with van der Waals surface area (Å²) in [6.45, 7) is 1.82. The normalized spacial score (nSPS) is 11.3. The van der Waals surface area contributed by atoms with Crippen LogP contribution >= 0.6 is 15.9 Å². The molecule has 0 unspecified atom stereocenters. The predicted octanol–water partition coefficient (Wildman–Crippen LogP) is 3.26. The fourth-order valence-corrected chi connectivity index (χ4v) is 3.23. The van der Waals surface area contributed by atoms with Crippen LogP contribution in [0.1, 0.15) is 5.56 Å². The highest BCUT2D eigenvalue weighted by Gasteiger charge is 2.16. The Morgan fingerprint density at radius 3 is 2.58 bits per heavy atom. The highest BCUT2D eigenvalue weighted by Crippen LogP contribution is 2.27. The quantitative estimate of drug-likeness (QED) is 0.842. The van der Waals surface area contributed by atoms with Crippen LogP contribution < -0.4 is 4.72 Å². The number of phenolic OH excluding ortho intramolecular Hbond substituents is 1. The zero-order valence-electron chi connectivity index (χ0n) is 10.1. The van der Waals surface area contributed by atoms with Crippen molar-refractivity contribution < 1.29 is 13.5 Å². The van der Waals surface area contributed by atoms with Crippen LogP contribution in [0.3, 0.4) is 0 Å². The van der Waals surface area contributed by atoms with Crippen molar-refractivity contribution in [1.29, 1.82) is 0 Å². The van der Waals surface area contributed by atoms with E-state index in [1.54, 1.807) is 24.3 Å². The molecule has 0 heterocycles. The Morgan fingerprint density at radius 1 is 1.16 bits per heavy atom. The van der Waals surface area contributed by atoms with Gasteiger partial charge >= 0.3 is 0 Å². The molecule has 0 spiro atoms. The third-order valence-electron chi connectivity index (χ3n) is 2.50. The zero-order valence-corrected chi connectivity index (χ0v) is 12.5. The number of phenols is 1. The van der Waals surface area contributed by atoms with Gasteiger partial charge in [0, 0.05) is 4.47 Å². The lowest BCUT2D eigenvalue weighted by Gasteiger charge is -2.10. The molecule has 2 aromatic carbocycles. The predicted molar refractivity (Wildman–Crippen MR) is 77.8 cm³/mol. The summed E-state index contributed by atoms with van der Waals surface area (Å²) in [6.07, 6.45) is 0. The van der Waals surface area contributed by atoms with Crippen molar-refractivity contribution in [3.05, 3.63) is 52.5 Å². The molecule has 0 aromatic heterocycles. The SMILES string of the molecule is Cc1ccc(O)c(NS(=O)(=O)c2cccc(Br)c2)c1. The molecule has 19 heavy (non-hydrogen) atoms. The highest BCUT2D eigenvalue weighted by molar-refractivity contribution is 9.10. The van der Waals surface area contributed by atoms with E-state index in [2.05, 4.69) is 20.7 Å². The van der Waals surface area contributed by atoms with Crippen LogP contribution in [0, 0.1) is 6.92 Å². The summed E-state index contributed by atoms with van der Waals surface area (Å²) in [5, 5.41) is 9.66. The number of hydrogen-bond acceptors (Lipinski definition) is 3. The molecule has 2 rings (SSSR count). The fraction of sp³-hybridized carbons (Fsp3) is 0.0769. The monoisotopic (exact) mass is 341 g/mol. The number of nitrogens with one attached hydrogen (secondary N) is 1. The first-order valence-electron chi connectivity index (χ1n) is 5.46. The van der Waals surface area contributed by atoms with Crippen LogP contribution in [0.25, 0.3) is 0 Å². The third-order valence-corrected chi connectivity index (χ3v) is 4.36. The molecule has 0 aliphatic rings. The number of hydrogen-bond donors (Lipinski definition) is 2. The summed E-state index contributed by atoms with van der Waals surface area (Å²) < 4.78 is 27.4. The van der Waals surface area contributed by atoms with Gasteiger partial charge in [-0.1, -0.05) is 28.1 Å². The van der Waals surface area contributed by atoms with E-state index in [1.165, 1.54) is 18.2 Å². The Morgan fingerprint density at radius 2 is 1.89 bits per heavy atom. The molecular formula is C13H12BrNO3S. The van der Waals surface area contributed by atoms with Gasteiger partial charge in [-0.25, -0.2) is 8.42 Å². The molecule has 0 fully saturated rings. The van der Waals surface area contributed by atoms with Gasteiger partial charge in [0.15, 0.2) is 0 Å². The fourth-order valence-electron chi connectivity index (χ4n) is 1.57. The third kappa shape index (κ3) is 3.27. The van der Waals surface area contributed by atoms with Crippen LogP contribution in [-0.2, 0) is 10.0 Å². The molecule has 0 aliphatic heterocycles. The van der Waals surface area contributed by atoms with Gasteiger partial charge < -0.3 is 5.11 Å². The van der Waals surface area contributed by atoms with E-state index in [4.69, 9.17) is 0 Å². The van der Waals surface area contributed by atoms with Gasteiger partial charge in [0.1, 0.15) is 5.75 Å². The van der Waals surface area contributed by atoms with Gasteiger partial charge in [-0.05, 0) is 42.8 Å². The second-order valence-electron chi connectivity index (χ2n) is 4.08. The number of rotatable bonds is 3. The van der Waals surface area contributed by atoms with Crippen molar-refractivity contribution in [1.82, 2.24) is 0 Å². The highest BCUT2D eigenvalue weighted by atomic mass is 79.9. The summed E-state index contributed by atoms with van der Waals surface area (Å²) in [5.74, 6) is -0.107. The lowest BCUT2D eigenvalue weighted by molar-refractivity contribution is 0.477. The van der Waals surface area contributed by atoms with Crippen LogP contribution in [0.2, 0.25) is 0 Å². The van der Waals surface area contributed by atoms with Crippen LogP contribution in [0.4, 0.5) is 5.69 Å². The maximum Gasteiger partial charge on any atom is 0.262 e. The minimum atomic E-state index is -3.72. The summed E-state index contributed by atoms with van der Waals surface area (Å²) in [6, 6.07) is 11.1. The summed E-state index contributed by atoms with van der Waals surface area (Å²) in [4.78, 5) is 0.128.